The van der Waals surface area contributed by atoms with Gasteiger partial charge in [0.25, 0.3) is 0 Å². The molecule has 0 spiro atoms. The Morgan fingerprint density at radius 1 is 1.50 bits per heavy atom. The molecular weight excluding hydrogens is 220 g/mol. The van der Waals surface area contributed by atoms with Gasteiger partial charge in [-0.25, -0.2) is 0 Å². The van der Waals surface area contributed by atoms with Crippen LogP contribution < -0.4 is 0 Å². The first-order valence-electron chi connectivity index (χ1n) is 4.31. The highest BCUT2D eigenvalue weighted by Gasteiger charge is 2.07. The summed E-state index contributed by atoms with van der Waals surface area (Å²) in [4.78, 5) is 4.26. The average molecular weight is 229 g/mol. The summed E-state index contributed by atoms with van der Waals surface area (Å²) < 4.78 is 5.08. The first kappa shape index (κ1) is 9.68. The maximum absolute atomic E-state index is 5.57. The predicted octanol–water partition coefficient (Wildman–Crippen LogP) is 2.97. The molecule has 0 aliphatic rings. The molecule has 0 atom stereocenters. The van der Waals surface area contributed by atoms with Crippen LogP contribution in [-0.4, -0.2) is 16.0 Å². The van der Waals surface area contributed by atoms with Gasteiger partial charge in [-0.2, -0.15) is 16.3 Å². The minimum absolute atomic E-state index is 0.621. The number of aromatic nitrogens is 2. The standard InChI is InChI=1S/C9H9ClN2OS/c10-4-1-2-8-11-9(12-13-8)7-3-5-14-6-7/h3,5-6H,1-2,4H2. The zero-order valence-electron chi connectivity index (χ0n) is 7.44. The number of alkyl halides is 1. The van der Waals surface area contributed by atoms with E-state index in [2.05, 4.69) is 10.1 Å². The van der Waals surface area contributed by atoms with E-state index in [-0.39, 0.29) is 0 Å². The van der Waals surface area contributed by atoms with Gasteiger partial charge in [-0.1, -0.05) is 5.16 Å². The Kier molecular flexibility index (Phi) is 3.16. The van der Waals surface area contributed by atoms with E-state index in [9.17, 15) is 0 Å². The van der Waals surface area contributed by atoms with Gasteiger partial charge >= 0.3 is 0 Å². The van der Waals surface area contributed by atoms with E-state index < -0.39 is 0 Å². The SMILES string of the molecule is ClCCCc1nc(-c2ccsc2)no1. The fraction of sp³-hybridized carbons (Fsp3) is 0.333. The Morgan fingerprint density at radius 3 is 3.14 bits per heavy atom. The molecule has 2 heterocycles. The molecule has 0 radical (unpaired) electrons. The van der Waals surface area contributed by atoms with Crippen LogP contribution in [0.15, 0.2) is 21.3 Å². The molecular formula is C9H9ClN2OS. The normalized spacial score (nSPS) is 10.6. The van der Waals surface area contributed by atoms with Gasteiger partial charge in [0, 0.05) is 23.2 Å². The van der Waals surface area contributed by atoms with E-state index in [1.54, 1.807) is 11.3 Å². The quantitative estimate of drug-likeness (QED) is 0.756. The highest BCUT2D eigenvalue weighted by atomic mass is 35.5. The summed E-state index contributed by atoms with van der Waals surface area (Å²) in [6.45, 7) is 0. The lowest BCUT2D eigenvalue weighted by molar-refractivity contribution is 0.378. The fourth-order valence-electron chi connectivity index (χ4n) is 1.08. The molecule has 0 saturated heterocycles. The Morgan fingerprint density at radius 2 is 2.43 bits per heavy atom. The molecule has 2 aromatic heterocycles. The first-order valence-corrected chi connectivity index (χ1v) is 5.79. The second-order valence-corrected chi connectivity index (χ2v) is 3.97. The molecule has 14 heavy (non-hydrogen) atoms. The van der Waals surface area contributed by atoms with Crippen molar-refractivity contribution < 1.29 is 4.52 Å². The third-order valence-electron chi connectivity index (χ3n) is 1.77. The third-order valence-corrected chi connectivity index (χ3v) is 2.72. The van der Waals surface area contributed by atoms with Crippen LogP contribution in [0.1, 0.15) is 12.3 Å². The van der Waals surface area contributed by atoms with Gasteiger partial charge in [0.05, 0.1) is 0 Å². The van der Waals surface area contributed by atoms with Crippen LogP contribution in [0.3, 0.4) is 0 Å². The van der Waals surface area contributed by atoms with E-state index in [1.807, 2.05) is 16.8 Å². The number of nitrogens with zero attached hydrogens (tertiary/aromatic N) is 2. The van der Waals surface area contributed by atoms with Gasteiger partial charge in [-0.05, 0) is 17.9 Å². The number of aryl methyl sites for hydroxylation is 1. The van der Waals surface area contributed by atoms with Crippen LogP contribution in [0.5, 0.6) is 0 Å². The molecule has 0 amide bonds. The lowest BCUT2D eigenvalue weighted by atomic mass is 10.3. The van der Waals surface area contributed by atoms with Crippen LogP contribution in [0, 0.1) is 0 Å². The lowest BCUT2D eigenvalue weighted by Crippen LogP contribution is -1.85. The van der Waals surface area contributed by atoms with E-state index in [0.717, 1.165) is 18.4 Å². The van der Waals surface area contributed by atoms with Gasteiger partial charge in [0.2, 0.25) is 11.7 Å². The summed E-state index contributed by atoms with van der Waals surface area (Å²) in [6.07, 6.45) is 1.62. The highest BCUT2D eigenvalue weighted by Crippen LogP contribution is 2.18. The first-order chi connectivity index (χ1) is 6.90. The minimum Gasteiger partial charge on any atom is -0.339 e. The van der Waals surface area contributed by atoms with Crippen molar-refractivity contribution >= 4 is 22.9 Å². The lowest BCUT2D eigenvalue weighted by Gasteiger charge is -1.86. The number of rotatable bonds is 4. The largest absolute Gasteiger partial charge is 0.339 e. The number of halogens is 1. The van der Waals surface area contributed by atoms with Crippen LogP contribution in [0.25, 0.3) is 11.4 Å². The molecule has 0 unspecified atom stereocenters. The van der Waals surface area contributed by atoms with Crippen molar-refractivity contribution in [2.75, 3.05) is 5.88 Å². The molecule has 3 nitrogen and oxygen atoms in total. The van der Waals surface area contributed by atoms with E-state index in [4.69, 9.17) is 16.1 Å². The second-order valence-electron chi connectivity index (χ2n) is 2.82. The number of thiophene rings is 1. The molecule has 74 valence electrons. The Labute approximate surface area is 90.7 Å². The average Bonchev–Trinajstić information content (AvgIpc) is 2.85. The van der Waals surface area contributed by atoms with Crippen molar-refractivity contribution in [2.45, 2.75) is 12.8 Å². The van der Waals surface area contributed by atoms with Gasteiger partial charge < -0.3 is 4.52 Å². The maximum Gasteiger partial charge on any atom is 0.227 e. The van der Waals surface area contributed by atoms with Crippen molar-refractivity contribution in [3.05, 3.63) is 22.7 Å². The molecule has 0 aliphatic carbocycles. The maximum atomic E-state index is 5.57. The Hall–Kier alpha value is -0.870. The van der Waals surface area contributed by atoms with Crippen LogP contribution in [0.4, 0.5) is 0 Å². The summed E-state index contributed by atoms with van der Waals surface area (Å²) in [5, 5.41) is 7.88. The number of hydrogen-bond acceptors (Lipinski definition) is 4. The van der Waals surface area contributed by atoms with Crippen LogP contribution >= 0.6 is 22.9 Å². The summed E-state index contributed by atoms with van der Waals surface area (Å²) in [7, 11) is 0. The summed E-state index contributed by atoms with van der Waals surface area (Å²) in [5.74, 6) is 1.94. The number of hydrogen-bond donors (Lipinski definition) is 0. The summed E-state index contributed by atoms with van der Waals surface area (Å²) in [5.41, 5.74) is 1.01. The molecule has 0 N–H and O–H groups in total. The van der Waals surface area contributed by atoms with Gasteiger partial charge in [-0.3, -0.25) is 0 Å². The van der Waals surface area contributed by atoms with E-state index in [0.29, 0.717) is 17.6 Å². The topological polar surface area (TPSA) is 38.9 Å². The van der Waals surface area contributed by atoms with Crippen LogP contribution in [0.2, 0.25) is 0 Å². The Bertz CT molecular complexity index is 385. The van der Waals surface area contributed by atoms with Crippen molar-refractivity contribution in [2.24, 2.45) is 0 Å². The van der Waals surface area contributed by atoms with Crippen molar-refractivity contribution in [3.63, 3.8) is 0 Å². The van der Waals surface area contributed by atoms with E-state index >= 15 is 0 Å². The molecule has 0 aromatic carbocycles. The molecule has 0 bridgehead atoms. The zero-order chi connectivity index (χ0) is 9.80. The molecule has 0 fully saturated rings. The van der Waals surface area contributed by atoms with Crippen molar-refractivity contribution in [1.82, 2.24) is 10.1 Å². The van der Waals surface area contributed by atoms with Crippen molar-refractivity contribution in [3.8, 4) is 11.4 Å². The van der Waals surface area contributed by atoms with Gasteiger partial charge in [0.1, 0.15) is 0 Å². The minimum atomic E-state index is 0.621. The van der Waals surface area contributed by atoms with Gasteiger partial charge in [-0.15, -0.1) is 11.6 Å². The third kappa shape index (κ3) is 2.13. The van der Waals surface area contributed by atoms with Gasteiger partial charge in [0.15, 0.2) is 0 Å². The fourth-order valence-corrected chi connectivity index (χ4v) is 1.85. The molecule has 0 aliphatic heterocycles. The highest BCUT2D eigenvalue weighted by molar-refractivity contribution is 7.08. The summed E-state index contributed by atoms with van der Waals surface area (Å²) in [6, 6.07) is 1.97. The molecule has 5 heteroatoms. The summed E-state index contributed by atoms with van der Waals surface area (Å²) >= 11 is 7.19. The smallest absolute Gasteiger partial charge is 0.227 e. The zero-order valence-corrected chi connectivity index (χ0v) is 9.01. The van der Waals surface area contributed by atoms with E-state index in [1.165, 1.54) is 0 Å². The predicted molar refractivity (Wildman–Crippen MR) is 56.7 cm³/mol. The monoisotopic (exact) mass is 228 g/mol. The van der Waals surface area contributed by atoms with Crippen LogP contribution in [-0.2, 0) is 6.42 Å². The Balaban J connectivity index is 2.10. The molecule has 2 aromatic rings. The second kappa shape index (κ2) is 4.57. The van der Waals surface area contributed by atoms with Crippen molar-refractivity contribution in [1.29, 1.82) is 0 Å². The molecule has 2 rings (SSSR count). The molecule has 0 saturated carbocycles.